The number of hydrogen-bond donors (Lipinski definition) is 0. The first kappa shape index (κ1) is 24.7. The Morgan fingerprint density at radius 3 is 2.62 bits per heavy atom. The summed E-state index contributed by atoms with van der Waals surface area (Å²) in [7, 11) is 2.04. The number of benzene rings is 1. The summed E-state index contributed by atoms with van der Waals surface area (Å²) in [4.78, 5) is 36.2. The van der Waals surface area contributed by atoms with Crippen LogP contribution in [0.4, 0.5) is 0 Å². The van der Waals surface area contributed by atoms with Crippen molar-refractivity contribution in [2.45, 2.75) is 12.0 Å². The van der Waals surface area contributed by atoms with E-state index in [1.807, 2.05) is 11.9 Å². The minimum absolute atomic E-state index is 0.0171. The van der Waals surface area contributed by atoms with Crippen LogP contribution >= 0.6 is 23.2 Å². The van der Waals surface area contributed by atoms with Gasteiger partial charge in [0.05, 0.1) is 25.1 Å². The van der Waals surface area contributed by atoms with E-state index in [-0.39, 0.29) is 43.1 Å². The molecule has 182 valence electrons. The molecule has 1 aromatic carbocycles. The van der Waals surface area contributed by atoms with E-state index in [0.29, 0.717) is 36.0 Å². The van der Waals surface area contributed by atoms with Crippen LogP contribution in [0, 0.1) is 0 Å². The molecule has 4 rings (SSSR count). The number of rotatable bonds is 6. The minimum Gasteiger partial charge on any atom is -0.490 e. The first-order valence-corrected chi connectivity index (χ1v) is 12.0. The number of aromatic nitrogens is 1. The van der Waals surface area contributed by atoms with Crippen molar-refractivity contribution in [3.63, 3.8) is 0 Å². The third-order valence-electron chi connectivity index (χ3n) is 6.15. The molecule has 2 fully saturated rings. The maximum atomic E-state index is 13.3. The van der Waals surface area contributed by atoms with Gasteiger partial charge >= 0.3 is 0 Å². The molecule has 3 heterocycles. The van der Waals surface area contributed by atoms with Gasteiger partial charge in [0.25, 0.3) is 5.91 Å². The highest BCUT2D eigenvalue weighted by Crippen LogP contribution is 2.28. The zero-order chi connectivity index (χ0) is 24.1. The van der Waals surface area contributed by atoms with Crippen molar-refractivity contribution >= 4 is 35.0 Å². The minimum atomic E-state index is -1.01. The SMILES string of the molecule is CN1CCN(C(=O)C[C@]2(COc3cccc(Cl)c3)CN(C(=O)c3cccnc3Cl)CCO2)CC1. The molecular formula is C24H28Cl2N4O4. The number of likely N-dealkylation sites (N-methyl/N-ethyl adjacent to an activating group) is 1. The number of pyridine rings is 1. The summed E-state index contributed by atoms with van der Waals surface area (Å²) in [6.07, 6.45) is 1.64. The summed E-state index contributed by atoms with van der Waals surface area (Å²) in [6, 6.07) is 10.4. The van der Waals surface area contributed by atoms with Gasteiger partial charge in [-0.1, -0.05) is 29.3 Å². The van der Waals surface area contributed by atoms with Gasteiger partial charge in [-0.3, -0.25) is 9.59 Å². The predicted octanol–water partition coefficient (Wildman–Crippen LogP) is 2.84. The molecular weight excluding hydrogens is 479 g/mol. The number of halogens is 2. The number of piperazine rings is 1. The third kappa shape index (κ3) is 5.99. The van der Waals surface area contributed by atoms with E-state index in [0.717, 1.165) is 13.1 Å². The summed E-state index contributed by atoms with van der Waals surface area (Å²) >= 11 is 12.3. The quantitative estimate of drug-likeness (QED) is 0.560. The Bertz CT molecular complexity index is 1030. The first-order valence-electron chi connectivity index (χ1n) is 11.2. The van der Waals surface area contributed by atoms with Crippen LogP contribution in [0.1, 0.15) is 16.8 Å². The second-order valence-electron chi connectivity index (χ2n) is 8.71. The van der Waals surface area contributed by atoms with Crippen molar-refractivity contribution in [2.75, 3.05) is 59.5 Å². The fraction of sp³-hybridized carbons (Fsp3) is 0.458. The standard InChI is InChI=1S/C24H28Cl2N4O4/c1-28-8-10-29(11-9-28)21(31)15-24(17-33-19-5-2-4-18(25)14-19)16-30(12-13-34-24)23(32)20-6-3-7-27-22(20)26/h2-7,14H,8-13,15-17H2,1H3/t24-/m1/s1. The lowest BCUT2D eigenvalue weighted by Crippen LogP contribution is -2.59. The van der Waals surface area contributed by atoms with Crippen molar-refractivity contribution < 1.29 is 19.1 Å². The number of hydrogen-bond acceptors (Lipinski definition) is 6. The summed E-state index contributed by atoms with van der Waals surface area (Å²) in [6.45, 7) is 3.91. The molecule has 1 aromatic heterocycles. The molecule has 0 aliphatic carbocycles. The smallest absolute Gasteiger partial charge is 0.257 e. The van der Waals surface area contributed by atoms with Gasteiger partial charge in [0, 0.05) is 43.9 Å². The van der Waals surface area contributed by atoms with Crippen LogP contribution in [0.5, 0.6) is 5.75 Å². The molecule has 0 bridgehead atoms. The van der Waals surface area contributed by atoms with Gasteiger partial charge in [0.15, 0.2) is 0 Å². The third-order valence-corrected chi connectivity index (χ3v) is 6.69. The van der Waals surface area contributed by atoms with E-state index in [2.05, 4.69) is 9.88 Å². The van der Waals surface area contributed by atoms with E-state index in [4.69, 9.17) is 32.7 Å². The Kier molecular flexibility index (Phi) is 7.93. The van der Waals surface area contributed by atoms with Crippen molar-refractivity contribution in [1.82, 2.24) is 19.7 Å². The lowest BCUT2D eigenvalue weighted by Gasteiger charge is -2.43. The van der Waals surface area contributed by atoms with Crippen molar-refractivity contribution in [2.24, 2.45) is 0 Å². The van der Waals surface area contributed by atoms with Crippen LogP contribution in [0.3, 0.4) is 0 Å². The molecule has 0 N–H and O–H groups in total. The predicted molar refractivity (Wildman–Crippen MR) is 129 cm³/mol. The van der Waals surface area contributed by atoms with Crippen LogP contribution in [-0.4, -0.2) is 96.6 Å². The fourth-order valence-corrected chi connectivity index (χ4v) is 4.57. The van der Waals surface area contributed by atoms with Crippen LogP contribution in [0.15, 0.2) is 42.6 Å². The Morgan fingerprint density at radius 1 is 1.09 bits per heavy atom. The van der Waals surface area contributed by atoms with Gasteiger partial charge in [-0.2, -0.15) is 0 Å². The highest BCUT2D eigenvalue weighted by molar-refractivity contribution is 6.32. The molecule has 2 saturated heterocycles. The maximum absolute atomic E-state index is 13.3. The van der Waals surface area contributed by atoms with E-state index < -0.39 is 5.60 Å². The largest absolute Gasteiger partial charge is 0.490 e. The molecule has 0 spiro atoms. The summed E-state index contributed by atoms with van der Waals surface area (Å²) in [5.41, 5.74) is -0.688. The Balaban J connectivity index is 1.54. The van der Waals surface area contributed by atoms with Crippen molar-refractivity contribution in [3.05, 3.63) is 58.3 Å². The van der Waals surface area contributed by atoms with Gasteiger partial charge in [0.2, 0.25) is 5.91 Å². The van der Waals surface area contributed by atoms with Gasteiger partial charge in [0.1, 0.15) is 23.1 Å². The Morgan fingerprint density at radius 2 is 1.88 bits per heavy atom. The Labute approximate surface area is 209 Å². The van der Waals surface area contributed by atoms with Crippen molar-refractivity contribution in [1.29, 1.82) is 0 Å². The van der Waals surface area contributed by atoms with E-state index in [9.17, 15) is 9.59 Å². The summed E-state index contributed by atoms with van der Waals surface area (Å²) < 4.78 is 12.2. The molecule has 2 aliphatic heterocycles. The van der Waals surface area contributed by atoms with Crippen LogP contribution in [0.2, 0.25) is 10.2 Å². The molecule has 10 heteroatoms. The number of carbonyl (C=O) groups is 2. The number of morpholine rings is 1. The molecule has 34 heavy (non-hydrogen) atoms. The zero-order valence-electron chi connectivity index (χ0n) is 19.1. The van der Waals surface area contributed by atoms with E-state index in [1.54, 1.807) is 41.3 Å². The van der Waals surface area contributed by atoms with Gasteiger partial charge in [-0.25, -0.2) is 4.98 Å². The number of nitrogens with zero attached hydrogens (tertiary/aromatic N) is 4. The highest BCUT2D eigenvalue weighted by Gasteiger charge is 2.43. The lowest BCUT2D eigenvalue weighted by molar-refractivity contribution is -0.154. The van der Waals surface area contributed by atoms with Crippen molar-refractivity contribution in [3.8, 4) is 5.75 Å². The molecule has 0 radical (unpaired) electrons. The second-order valence-corrected chi connectivity index (χ2v) is 9.50. The van der Waals surface area contributed by atoms with Crippen LogP contribution < -0.4 is 4.74 Å². The normalized spacial score (nSPS) is 21.4. The van der Waals surface area contributed by atoms with Gasteiger partial charge in [-0.05, 0) is 37.4 Å². The number of ether oxygens (including phenoxy) is 2. The maximum Gasteiger partial charge on any atom is 0.257 e. The highest BCUT2D eigenvalue weighted by atomic mass is 35.5. The Hall–Kier alpha value is -2.39. The van der Waals surface area contributed by atoms with Crippen LogP contribution in [0.25, 0.3) is 0 Å². The molecule has 0 saturated carbocycles. The topological polar surface area (TPSA) is 75.2 Å². The average Bonchev–Trinajstić information content (AvgIpc) is 2.83. The zero-order valence-corrected chi connectivity index (χ0v) is 20.6. The average molecular weight is 507 g/mol. The fourth-order valence-electron chi connectivity index (χ4n) is 4.19. The molecule has 2 aromatic rings. The summed E-state index contributed by atoms with van der Waals surface area (Å²) in [5, 5.41) is 0.695. The van der Waals surface area contributed by atoms with E-state index in [1.165, 1.54) is 6.20 Å². The summed E-state index contributed by atoms with van der Waals surface area (Å²) in [5.74, 6) is 0.304. The lowest BCUT2D eigenvalue weighted by atomic mass is 9.96. The molecule has 1 atom stereocenters. The molecule has 2 amide bonds. The first-order chi connectivity index (χ1) is 16.3. The number of amides is 2. The van der Waals surface area contributed by atoms with Gasteiger partial charge < -0.3 is 24.2 Å². The van der Waals surface area contributed by atoms with Gasteiger partial charge in [-0.15, -0.1) is 0 Å². The second kappa shape index (κ2) is 10.9. The molecule has 0 unspecified atom stereocenters. The molecule has 2 aliphatic rings. The monoisotopic (exact) mass is 506 g/mol. The van der Waals surface area contributed by atoms with Crippen LogP contribution in [-0.2, 0) is 9.53 Å². The molecule has 8 nitrogen and oxygen atoms in total. The van der Waals surface area contributed by atoms with E-state index >= 15 is 0 Å². The number of carbonyl (C=O) groups excluding carboxylic acids is 2.